The lowest BCUT2D eigenvalue weighted by Gasteiger charge is -2.24. The standard InChI is InChI=1S/C27H48O3S2/c1-5-6-7-16-21-26(31-3)27(32-4)22-17-14-12-10-8-9-11-13-15-19-25(29)20-18-23-30-24(2)28/h15,18-20,26-27H,5-14,16-17,21-23H2,1-4H3/b19-15+,20-18+. The smallest absolute Gasteiger partial charge is 0.302 e. The van der Waals surface area contributed by atoms with E-state index in [0.717, 1.165) is 23.3 Å². The van der Waals surface area contributed by atoms with Crippen molar-refractivity contribution in [3.05, 3.63) is 24.3 Å². The zero-order valence-electron chi connectivity index (χ0n) is 21.1. The monoisotopic (exact) mass is 484 g/mol. The predicted octanol–water partition coefficient (Wildman–Crippen LogP) is 8.18. The third-order valence-corrected chi connectivity index (χ3v) is 8.18. The van der Waals surface area contributed by atoms with E-state index < -0.39 is 0 Å². The Balaban J connectivity index is 3.69. The summed E-state index contributed by atoms with van der Waals surface area (Å²) in [7, 11) is 0. The number of ether oxygens (including phenoxy) is 1. The summed E-state index contributed by atoms with van der Waals surface area (Å²) in [5.41, 5.74) is 0. The van der Waals surface area contributed by atoms with E-state index in [9.17, 15) is 9.59 Å². The number of esters is 1. The van der Waals surface area contributed by atoms with E-state index in [2.05, 4.69) is 43.0 Å². The molecule has 0 spiro atoms. The lowest BCUT2D eigenvalue weighted by atomic mass is 10.0. The Hall–Kier alpha value is -0.680. The van der Waals surface area contributed by atoms with Crippen molar-refractivity contribution in [1.29, 1.82) is 0 Å². The van der Waals surface area contributed by atoms with Crippen molar-refractivity contribution >= 4 is 35.3 Å². The van der Waals surface area contributed by atoms with Crippen LogP contribution >= 0.6 is 23.5 Å². The van der Waals surface area contributed by atoms with Crippen LogP contribution in [0.2, 0.25) is 0 Å². The highest BCUT2D eigenvalue weighted by molar-refractivity contribution is 8.03. The molecule has 0 saturated carbocycles. The molecule has 0 aliphatic rings. The summed E-state index contributed by atoms with van der Waals surface area (Å²) < 4.78 is 4.75. The average molecular weight is 485 g/mol. The van der Waals surface area contributed by atoms with Gasteiger partial charge in [0.2, 0.25) is 0 Å². The minimum atomic E-state index is -0.334. The summed E-state index contributed by atoms with van der Waals surface area (Å²) in [6.45, 7) is 3.80. The molecule has 0 fully saturated rings. The van der Waals surface area contributed by atoms with Gasteiger partial charge in [0.1, 0.15) is 6.61 Å². The SMILES string of the molecule is CCCCCCC(SC)C(CCCCCCCCC/C=C/C(=O)/C=C/COC(C)=O)SC. The predicted molar refractivity (Wildman–Crippen MR) is 145 cm³/mol. The minimum absolute atomic E-state index is 0.0506. The minimum Gasteiger partial charge on any atom is -0.462 e. The molecule has 0 saturated heterocycles. The molecule has 0 bridgehead atoms. The Morgan fingerprint density at radius 2 is 1.25 bits per heavy atom. The highest BCUT2D eigenvalue weighted by Crippen LogP contribution is 2.30. The maximum absolute atomic E-state index is 11.6. The molecule has 0 aliphatic heterocycles. The van der Waals surface area contributed by atoms with Gasteiger partial charge in [-0.2, -0.15) is 23.5 Å². The van der Waals surface area contributed by atoms with Crippen LogP contribution in [-0.4, -0.2) is 41.4 Å². The van der Waals surface area contributed by atoms with Crippen molar-refractivity contribution in [2.75, 3.05) is 19.1 Å². The number of carbonyl (C=O) groups excluding carboxylic acids is 2. The van der Waals surface area contributed by atoms with Crippen LogP contribution in [0.1, 0.15) is 104 Å². The first-order valence-corrected chi connectivity index (χ1v) is 15.2. The largest absolute Gasteiger partial charge is 0.462 e. The Labute approximate surface area is 207 Å². The van der Waals surface area contributed by atoms with E-state index in [1.165, 1.54) is 90.0 Å². The van der Waals surface area contributed by atoms with Crippen molar-refractivity contribution < 1.29 is 14.3 Å². The molecule has 0 radical (unpaired) electrons. The van der Waals surface area contributed by atoms with Gasteiger partial charge in [-0.1, -0.05) is 77.2 Å². The second-order valence-corrected chi connectivity index (χ2v) is 10.6. The van der Waals surface area contributed by atoms with Gasteiger partial charge in [-0.25, -0.2) is 0 Å². The average Bonchev–Trinajstić information content (AvgIpc) is 2.78. The fraction of sp³-hybridized carbons (Fsp3) is 0.778. The molecule has 5 heteroatoms. The zero-order chi connectivity index (χ0) is 23.9. The Kier molecular flexibility index (Phi) is 23.0. The molecular formula is C27H48O3S2. The lowest BCUT2D eigenvalue weighted by Crippen LogP contribution is -2.19. The van der Waals surface area contributed by atoms with E-state index in [0.29, 0.717) is 0 Å². The second kappa shape index (κ2) is 23.5. The summed E-state index contributed by atoms with van der Waals surface area (Å²) in [6, 6.07) is 0. The molecule has 0 aromatic rings. The van der Waals surface area contributed by atoms with Crippen LogP contribution in [0.3, 0.4) is 0 Å². The summed E-state index contributed by atoms with van der Waals surface area (Å²) in [6.07, 6.45) is 29.5. The second-order valence-electron chi connectivity index (χ2n) is 8.46. The van der Waals surface area contributed by atoms with Crippen LogP contribution in [0, 0.1) is 0 Å². The van der Waals surface area contributed by atoms with Crippen LogP contribution < -0.4 is 0 Å². The number of allylic oxidation sites excluding steroid dienone is 3. The van der Waals surface area contributed by atoms with Crippen molar-refractivity contribution in [1.82, 2.24) is 0 Å². The van der Waals surface area contributed by atoms with E-state index >= 15 is 0 Å². The third-order valence-electron chi connectivity index (χ3n) is 5.67. The van der Waals surface area contributed by atoms with Crippen molar-refractivity contribution in [2.45, 2.75) is 114 Å². The molecule has 0 aromatic carbocycles. The highest BCUT2D eigenvalue weighted by atomic mass is 32.2. The van der Waals surface area contributed by atoms with Gasteiger partial charge in [0.25, 0.3) is 0 Å². The topological polar surface area (TPSA) is 43.4 Å². The first kappa shape index (κ1) is 31.3. The van der Waals surface area contributed by atoms with Crippen molar-refractivity contribution in [3.63, 3.8) is 0 Å². The molecule has 2 unspecified atom stereocenters. The Bertz CT molecular complexity index is 517. The quantitative estimate of drug-likeness (QED) is 0.0880. The number of carbonyl (C=O) groups is 2. The first-order chi connectivity index (χ1) is 15.5. The van der Waals surface area contributed by atoms with Crippen LogP contribution in [0.15, 0.2) is 24.3 Å². The van der Waals surface area contributed by atoms with Gasteiger partial charge in [0, 0.05) is 17.4 Å². The molecule has 32 heavy (non-hydrogen) atoms. The third kappa shape index (κ3) is 20.0. The maximum atomic E-state index is 11.6. The van der Waals surface area contributed by atoms with E-state index in [4.69, 9.17) is 4.74 Å². The van der Waals surface area contributed by atoms with Crippen LogP contribution in [0.4, 0.5) is 0 Å². The summed E-state index contributed by atoms with van der Waals surface area (Å²) in [5, 5.41) is 1.64. The summed E-state index contributed by atoms with van der Waals surface area (Å²) in [5.74, 6) is -0.385. The zero-order valence-corrected chi connectivity index (χ0v) is 22.7. The van der Waals surface area contributed by atoms with Gasteiger partial charge in [-0.15, -0.1) is 0 Å². The van der Waals surface area contributed by atoms with Crippen LogP contribution in [0.5, 0.6) is 0 Å². The van der Waals surface area contributed by atoms with E-state index in [1.54, 1.807) is 12.2 Å². The lowest BCUT2D eigenvalue weighted by molar-refractivity contribution is -0.139. The number of thioether (sulfide) groups is 2. The normalized spacial score (nSPS) is 13.6. The van der Waals surface area contributed by atoms with Gasteiger partial charge >= 0.3 is 5.97 Å². The fourth-order valence-electron chi connectivity index (χ4n) is 3.76. The van der Waals surface area contributed by atoms with Crippen molar-refractivity contribution in [3.8, 4) is 0 Å². The molecule has 0 aromatic heterocycles. The Morgan fingerprint density at radius 3 is 1.78 bits per heavy atom. The molecule has 0 aliphatic carbocycles. The maximum Gasteiger partial charge on any atom is 0.302 e. The Morgan fingerprint density at radius 1 is 0.750 bits per heavy atom. The molecule has 0 rings (SSSR count). The number of unbranched alkanes of at least 4 members (excludes halogenated alkanes) is 10. The fourth-order valence-corrected chi connectivity index (χ4v) is 6.11. The summed E-state index contributed by atoms with van der Waals surface area (Å²) >= 11 is 4.16. The molecule has 2 atom stereocenters. The van der Waals surface area contributed by atoms with Crippen LogP contribution in [0.25, 0.3) is 0 Å². The molecule has 186 valence electrons. The number of rotatable bonds is 22. The number of hydrogen-bond donors (Lipinski definition) is 0. The number of hydrogen-bond acceptors (Lipinski definition) is 5. The highest BCUT2D eigenvalue weighted by Gasteiger charge is 2.18. The molecule has 0 N–H and O–H groups in total. The number of ketones is 1. The molecule has 0 heterocycles. The van der Waals surface area contributed by atoms with Crippen LogP contribution in [-0.2, 0) is 14.3 Å². The van der Waals surface area contributed by atoms with Gasteiger partial charge in [0.15, 0.2) is 5.78 Å². The molecular weight excluding hydrogens is 436 g/mol. The summed E-state index contributed by atoms with van der Waals surface area (Å²) in [4.78, 5) is 22.2. The van der Waals surface area contributed by atoms with Gasteiger partial charge < -0.3 is 4.74 Å². The first-order valence-electron chi connectivity index (χ1n) is 12.6. The van der Waals surface area contributed by atoms with Gasteiger partial charge in [0.05, 0.1) is 0 Å². The van der Waals surface area contributed by atoms with E-state index in [1.807, 2.05) is 6.08 Å². The van der Waals surface area contributed by atoms with Gasteiger partial charge in [-0.05, 0) is 56.4 Å². The van der Waals surface area contributed by atoms with E-state index in [-0.39, 0.29) is 18.4 Å². The molecule has 3 nitrogen and oxygen atoms in total. The van der Waals surface area contributed by atoms with Crippen molar-refractivity contribution in [2.24, 2.45) is 0 Å². The molecule has 0 amide bonds. The van der Waals surface area contributed by atoms with Gasteiger partial charge in [-0.3, -0.25) is 9.59 Å².